The summed E-state index contributed by atoms with van der Waals surface area (Å²) in [6.07, 6.45) is 0. The summed E-state index contributed by atoms with van der Waals surface area (Å²) in [7, 11) is -3.69. The molecule has 8 heteroatoms. The van der Waals surface area contributed by atoms with Gasteiger partial charge in [0.2, 0.25) is 10.0 Å². The van der Waals surface area contributed by atoms with Crippen LogP contribution in [0.1, 0.15) is 0 Å². The van der Waals surface area contributed by atoms with Crippen LogP contribution in [-0.2, 0) is 10.0 Å². The average molecular weight is 356 g/mol. The van der Waals surface area contributed by atoms with Crippen LogP contribution in [0.2, 0.25) is 0 Å². The second-order valence-corrected chi connectivity index (χ2v) is 7.38. The molecule has 1 heterocycles. The Labute approximate surface area is 138 Å². The second-order valence-electron chi connectivity index (χ2n) is 5.44. The van der Waals surface area contributed by atoms with Crippen molar-refractivity contribution in [2.45, 2.75) is 4.90 Å². The first-order valence-corrected chi connectivity index (χ1v) is 8.77. The third kappa shape index (κ3) is 3.25. The molecule has 2 aromatic carbocycles. The zero-order valence-electron chi connectivity index (χ0n) is 12.6. The molecule has 1 saturated heterocycles. The van der Waals surface area contributed by atoms with Gasteiger partial charge in [-0.25, -0.2) is 21.6 Å². The van der Waals surface area contributed by atoms with Crippen molar-refractivity contribution in [2.75, 3.05) is 31.1 Å². The molecule has 1 fully saturated rings. The summed E-state index contributed by atoms with van der Waals surface area (Å²) < 4.78 is 65.6. The Morgan fingerprint density at radius 2 is 1.42 bits per heavy atom. The van der Waals surface area contributed by atoms with Gasteiger partial charge in [-0.15, -0.1) is 0 Å². The Morgan fingerprint density at radius 3 is 2.00 bits per heavy atom. The molecule has 0 bridgehead atoms. The van der Waals surface area contributed by atoms with E-state index in [1.54, 1.807) is 4.90 Å². The van der Waals surface area contributed by atoms with Crippen LogP contribution in [0.15, 0.2) is 47.4 Å². The highest BCUT2D eigenvalue weighted by atomic mass is 32.2. The number of anilines is 1. The van der Waals surface area contributed by atoms with Crippen molar-refractivity contribution >= 4 is 15.7 Å². The van der Waals surface area contributed by atoms with E-state index >= 15 is 0 Å². The SMILES string of the molecule is O=S(=O)(c1ccc(F)cc1)N1CCN(c2ccc(F)c(F)c2)CC1. The number of sulfonamides is 1. The first-order chi connectivity index (χ1) is 11.4. The Morgan fingerprint density at radius 1 is 0.792 bits per heavy atom. The predicted octanol–water partition coefficient (Wildman–Crippen LogP) is 2.61. The van der Waals surface area contributed by atoms with Crippen molar-refractivity contribution < 1.29 is 21.6 Å². The van der Waals surface area contributed by atoms with Crippen LogP contribution < -0.4 is 4.90 Å². The summed E-state index contributed by atoms with van der Waals surface area (Å²) in [5, 5.41) is 0. The molecule has 3 rings (SSSR count). The minimum absolute atomic E-state index is 0.0326. The van der Waals surface area contributed by atoms with Crippen LogP contribution >= 0.6 is 0 Å². The first kappa shape index (κ1) is 16.8. The fourth-order valence-corrected chi connectivity index (χ4v) is 4.05. The molecule has 1 aliphatic rings. The average Bonchev–Trinajstić information content (AvgIpc) is 2.58. The molecule has 128 valence electrons. The lowest BCUT2D eigenvalue weighted by atomic mass is 10.2. The lowest BCUT2D eigenvalue weighted by Crippen LogP contribution is -2.48. The van der Waals surface area contributed by atoms with E-state index in [1.165, 1.54) is 22.5 Å². The van der Waals surface area contributed by atoms with Crippen molar-refractivity contribution in [3.8, 4) is 0 Å². The Bertz CT molecular complexity index is 833. The highest BCUT2D eigenvalue weighted by molar-refractivity contribution is 7.89. The summed E-state index contributed by atoms with van der Waals surface area (Å²) in [4.78, 5) is 1.82. The normalized spacial score (nSPS) is 16.4. The van der Waals surface area contributed by atoms with Gasteiger partial charge in [-0.2, -0.15) is 4.31 Å². The maximum absolute atomic E-state index is 13.3. The largest absolute Gasteiger partial charge is 0.369 e. The van der Waals surface area contributed by atoms with E-state index < -0.39 is 27.5 Å². The quantitative estimate of drug-likeness (QED) is 0.849. The van der Waals surface area contributed by atoms with Gasteiger partial charge in [0.15, 0.2) is 11.6 Å². The third-order valence-corrected chi connectivity index (χ3v) is 5.87. The topological polar surface area (TPSA) is 40.6 Å². The van der Waals surface area contributed by atoms with E-state index in [4.69, 9.17) is 0 Å². The Balaban J connectivity index is 1.72. The molecule has 0 amide bonds. The van der Waals surface area contributed by atoms with Crippen LogP contribution in [0.3, 0.4) is 0 Å². The summed E-state index contributed by atoms with van der Waals surface area (Å²) in [5.41, 5.74) is 0.507. The maximum Gasteiger partial charge on any atom is 0.243 e. The fraction of sp³-hybridized carbons (Fsp3) is 0.250. The molecule has 0 spiro atoms. The minimum atomic E-state index is -3.69. The molecule has 0 aliphatic carbocycles. The number of rotatable bonds is 3. The van der Waals surface area contributed by atoms with Crippen molar-refractivity contribution in [2.24, 2.45) is 0 Å². The molecule has 2 aromatic rings. The maximum atomic E-state index is 13.3. The summed E-state index contributed by atoms with van der Waals surface area (Å²) in [6, 6.07) is 8.27. The molecule has 0 N–H and O–H groups in total. The third-order valence-electron chi connectivity index (χ3n) is 3.96. The van der Waals surface area contributed by atoms with Gasteiger partial charge in [0.25, 0.3) is 0 Å². The lowest BCUT2D eigenvalue weighted by molar-refractivity contribution is 0.384. The van der Waals surface area contributed by atoms with Gasteiger partial charge in [-0.05, 0) is 36.4 Å². The molecule has 24 heavy (non-hydrogen) atoms. The van der Waals surface area contributed by atoms with E-state index in [0.29, 0.717) is 18.8 Å². The number of hydrogen-bond donors (Lipinski definition) is 0. The Hall–Kier alpha value is -2.06. The van der Waals surface area contributed by atoms with Crippen LogP contribution in [0.4, 0.5) is 18.9 Å². The molecule has 4 nitrogen and oxygen atoms in total. The smallest absolute Gasteiger partial charge is 0.243 e. The van der Waals surface area contributed by atoms with Crippen LogP contribution in [-0.4, -0.2) is 38.9 Å². The van der Waals surface area contributed by atoms with Crippen molar-refractivity contribution in [1.29, 1.82) is 0 Å². The monoisotopic (exact) mass is 356 g/mol. The molecule has 0 unspecified atom stereocenters. The van der Waals surface area contributed by atoms with Crippen LogP contribution in [0.25, 0.3) is 0 Å². The van der Waals surface area contributed by atoms with Gasteiger partial charge in [0.1, 0.15) is 5.82 Å². The number of hydrogen-bond acceptors (Lipinski definition) is 3. The van der Waals surface area contributed by atoms with E-state index in [2.05, 4.69) is 0 Å². The second kappa shape index (κ2) is 6.45. The van der Waals surface area contributed by atoms with E-state index in [1.807, 2.05) is 0 Å². The molecule has 0 aromatic heterocycles. The molecule has 0 saturated carbocycles. The van der Waals surface area contributed by atoms with Crippen LogP contribution in [0.5, 0.6) is 0 Å². The zero-order valence-corrected chi connectivity index (χ0v) is 13.4. The zero-order chi connectivity index (χ0) is 17.3. The number of benzene rings is 2. The van der Waals surface area contributed by atoms with Gasteiger partial charge in [0.05, 0.1) is 4.90 Å². The fourth-order valence-electron chi connectivity index (χ4n) is 2.62. The van der Waals surface area contributed by atoms with E-state index in [-0.39, 0.29) is 18.0 Å². The summed E-state index contributed by atoms with van der Waals surface area (Å²) in [5.74, 6) is -2.36. The van der Waals surface area contributed by atoms with Crippen molar-refractivity contribution in [3.05, 3.63) is 59.9 Å². The molecule has 1 aliphatic heterocycles. The summed E-state index contributed by atoms with van der Waals surface area (Å²) >= 11 is 0. The van der Waals surface area contributed by atoms with E-state index in [0.717, 1.165) is 24.3 Å². The lowest BCUT2D eigenvalue weighted by Gasteiger charge is -2.35. The van der Waals surface area contributed by atoms with Gasteiger partial charge >= 0.3 is 0 Å². The highest BCUT2D eigenvalue weighted by Gasteiger charge is 2.28. The van der Waals surface area contributed by atoms with Gasteiger partial charge < -0.3 is 4.90 Å². The van der Waals surface area contributed by atoms with Crippen molar-refractivity contribution in [1.82, 2.24) is 4.31 Å². The molecular weight excluding hydrogens is 341 g/mol. The Kier molecular flexibility index (Phi) is 4.51. The van der Waals surface area contributed by atoms with Crippen molar-refractivity contribution in [3.63, 3.8) is 0 Å². The minimum Gasteiger partial charge on any atom is -0.369 e. The molecule has 0 radical (unpaired) electrons. The van der Waals surface area contributed by atoms with E-state index in [9.17, 15) is 21.6 Å². The predicted molar refractivity (Wildman–Crippen MR) is 83.7 cm³/mol. The van der Waals surface area contributed by atoms with Crippen LogP contribution in [0, 0.1) is 17.5 Å². The van der Waals surface area contributed by atoms with Gasteiger partial charge in [-0.3, -0.25) is 0 Å². The first-order valence-electron chi connectivity index (χ1n) is 7.33. The number of halogens is 3. The number of nitrogens with zero attached hydrogens (tertiary/aromatic N) is 2. The summed E-state index contributed by atoms with van der Waals surface area (Å²) in [6.45, 7) is 1.12. The van der Waals surface area contributed by atoms with Gasteiger partial charge in [0, 0.05) is 37.9 Å². The molecule has 0 atom stereocenters. The standard InChI is InChI=1S/C16H15F3N2O2S/c17-12-1-4-14(5-2-12)24(22,23)21-9-7-20(8-10-21)13-3-6-15(18)16(19)11-13/h1-6,11H,7-10H2. The molecular formula is C16H15F3N2O2S. The van der Waals surface area contributed by atoms with Gasteiger partial charge in [-0.1, -0.05) is 0 Å². The number of piperazine rings is 1. The highest BCUT2D eigenvalue weighted by Crippen LogP contribution is 2.22.